The predicted molar refractivity (Wildman–Crippen MR) is 54.4 cm³/mol. The van der Waals surface area contributed by atoms with Crippen molar-refractivity contribution in [3.8, 4) is 0 Å². The van der Waals surface area contributed by atoms with Crippen molar-refractivity contribution in [3.63, 3.8) is 0 Å². The summed E-state index contributed by atoms with van der Waals surface area (Å²) in [6.45, 7) is 4.74. The van der Waals surface area contributed by atoms with E-state index in [-0.39, 0.29) is 23.8 Å². The van der Waals surface area contributed by atoms with E-state index in [9.17, 15) is 9.59 Å². The minimum atomic E-state index is -0.579. The fourth-order valence-electron chi connectivity index (χ4n) is 0.776. The maximum absolute atomic E-state index is 11.2. The SMILES string of the molecule is CCOC(=O)/C(=C/Cl)C(C)=NC(C)=O. The highest BCUT2D eigenvalue weighted by atomic mass is 35.5. The third kappa shape index (κ3) is 4.18. The molecule has 0 aliphatic rings. The van der Waals surface area contributed by atoms with Crippen LogP contribution in [0.4, 0.5) is 0 Å². The van der Waals surface area contributed by atoms with E-state index in [1.165, 1.54) is 13.8 Å². The first-order chi connectivity index (χ1) is 6.52. The van der Waals surface area contributed by atoms with E-state index in [1.54, 1.807) is 6.92 Å². The maximum Gasteiger partial charge on any atom is 0.340 e. The molecule has 0 aliphatic carbocycles. The summed E-state index contributed by atoms with van der Waals surface area (Å²) in [7, 11) is 0. The average molecular weight is 218 g/mol. The molecule has 14 heavy (non-hydrogen) atoms. The standard InChI is InChI=1S/C9H12ClNO3/c1-4-14-9(13)8(5-10)6(2)11-7(3)12/h5H,4H2,1-3H3/b8-5+,11-6?. The molecule has 0 saturated carbocycles. The second-order valence-electron chi connectivity index (χ2n) is 2.46. The van der Waals surface area contributed by atoms with Gasteiger partial charge in [-0.2, -0.15) is 0 Å². The van der Waals surface area contributed by atoms with Gasteiger partial charge in [0.2, 0.25) is 5.91 Å². The largest absolute Gasteiger partial charge is 0.462 e. The Morgan fingerprint density at radius 2 is 2.00 bits per heavy atom. The third-order valence-corrected chi connectivity index (χ3v) is 1.54. The number of carbonyl (C=O) groups is 2. The summed E-state index contributed by atoms with van der Waals surface area (Å²) in [6.07, 6.45) is 0. The fourth-order valence-corrected chi connectivity index (χ4v) is 1.02. The number of hydrogen-bond donors (Lipinski definition) is 0. The van der Waals surface area contributed by atoms with Gasteiger partial charge in [-0.05, 0) is 13.8 Å². The molecule has 78 valence electrons. The molecule has 0 aliphatic heterocycles. The topological polar surface area (TPSA) is 55.7 Å². The summed E-state index contributed by atoms with van der Waals surface area (Å²) < 4.78 is 4.71. The monoisotopic (exact) mass is 217 g/mol. The van der Waals surface area contributed by atoms with Gasteiger partial charge in [0.25, 0.3) is 0 Å². The molecule has 5 heteroatoms. The van der Waals surface area contributed by atoms with Gasteiger partial charge >= 0.3 is 5.97 Å². The van der Waals surface area contributed by atoms with Gasteiger partial charge < -0.3 is 4.74 Å². The Labute approximate surface area is 87.6 Å². The van der Waals surface area contributed by atoms with Gasteiger partial charge in [0, 0.05) is 12.5 Å². The Bertz CT molecular complexity index is 294. The van der Waals surface area contributed by atoms with Crippen LogP contribution in [0, 0.1) is 0 Å². The average Bonchev–Trinajstić information content (AvgIpc) is 2.04. The lowest BCUT2D eigenvalue weighted by molar-refractivity contribution is -0.137. The van der Waals surface area contributed by atoms with E-state index < -0.39 is 5.97 Å². The number of aliphatic imine (C=N–C) groups is 1. The van der Waals surface area contributed by atoms with E-state index >= 15 is 0 Å². The number of hydrogen-bond acceptors (Lipinski definition) is 3. The van der Waals surface area contributed by atoms with E-state index in [4.69, 9.17) is 16.3 Å². The van der Waals surface area contributed by atoms with Gasteiger partial charge in [0.1, 0.15) is 0 Å². The molecule has 0 heterocycles. The van der Waals surface area contributed by atoms with Crippen LogP contribution in [0.5, 0.6) is 0 Å². The summed E-state index contributed by atoms with van der Waals surface area (Å²) in [4.78, 5) is 25.5. The van der Waals surface area contributed by atoms with Crippen LogP contribution in [0.25, 0.3) is 0 Å². The van der Waals surface area contributed by atoms with Gasteiger partial charge in [-0.25, -0.2) is 9.79 Å². The van der Waals surface area contributed by atoms with E-state index in [0.29, 0.717) is 0 Å². The van der Waals surface area contributed by atoms with Crippen molar-refractivity contribution in [1.82, 2.24) is 0 Å². The Balaban J connectivity index is 4.75. The number of ether oxygens (including phenoxy) is 1. The second kappa shape index (κ2) is 6.32. The van der Waals surface area contributed by atoms with Gasteiger partial charge in [0.05, 0.1) is 17.9 Å². The Morgan fingerprint density at radius 1 is 1.43 bits per heavy atom. The lowest BCUT2D eigenvalue weighted by Gasteiger charge is -2.04. The molecule has 0 aromatic carbocycles. The fraction of sp³-hybridized carbons (Fsp3) is 0.444. The molecular formula is C9H12ClNO3. The molecule has 0 unspecified atom stereocenters. The van der Waals surface area contributed by atoms with Crippen LogP contribution in [0.2, 0.25) is 0 Å². The molecule has 0 bridgehead atoms. The molecule has 0 aromatic heterocycles. The van der Waals surface area contributed by atoms with Crippen LogP contribution >= 0.6 is 11.6 Å². The van der Waals surface area contributed by atoms with E-state index in [2.05, 4.69) is 4.99 Å². The highest BCUT2D eigenvalue weighted by Crippen LogP contribution is 2.04. The lowest BCUT2D eigenvalue weighted by Crippen LogP contribution is -2.14. The molecule has 0 spiro atoms. The zero-order valence-electron chi connectivity index (χ0n) is 8.33. The van der Waals surface area contributed by atoms with Crippen molar-refractivity contribution in [2.75, 3.05) is 6.61 Å². The molecule has 0 atom stereocenters. The Kier molecular flexibility index (Phi) is 5.79. The summed E-state index contributed by atoms with van der Waals surface area (Å²) in [5.74, 6) is -0.965. The van der Waals surface area contributed by atoms with Crippen molar-refractivity contribution in [2.24, 2.45) is 4.99 Å². The minimum absolute atomic E-state index is 0.101. The highest BCUT2D eigenvalue weighted by molar-refractivity contribution is 6.33. The zero-order valence-corrected chi connectivity index (χ0v) is 9.09. The first-order valence-corrected chi connectivity index (χ1v) is 4.50. The number of rotatable bonds is 3. The van der Waals surface area contributed by atoms with Crippen molar-refractivity contribution in [1.29, 1.82) is 0 Å². The van der Waals surface area contributed by atoms with Crippen molar-refractivity contribution in [2.45, 2.75) is 20.8 Å². The highest BCUT2D eigenvalue weighted by Gasteiger charge is 2.13. The van der Waals surface area contributed by atoms with Crippen LogP contribution < -0.4 is 0 Å². The second-order valence-corrected chi connectivity index (χ2v) is 2.68. The first kappa shape index (κ1) is 12.8. The van der Waals surface area contributed by atoms with Gasteiger partial charge in [0.15, 0.2) is 0 Å². The quantitative estimate of drug-likeness (QED) is 0.411. The molecule has 1 amide bonds. The number of carbonyl (C=O) groups excluding carboxylic acids is 2. The van der Waals surface area contributed by atoms with Crippen molar-refractivity contribution >= 4 is 29.2 Å². The molecule has 0 rings (SSSR count). The first-order valence-electron chi connectivity index (χ1n) is 4.06. The van der Waals surface area contributed by atoms with Crippen LogP contribution in [0.15, 0.2) is 16.1 Å². The molecule has 0 aromatic rings. The normalized spacial score (nSPS) is 12.6. The third-order valence-electron chi connectivity index (χ3n) is 1.32. The molecule has 0 fully saturated rings. The van der Waals surface area contributed by atoms with Crippen LogP contribution in [-0.2, 0) is 14.3 Å². The minimum Gasteiger partial charge on any atom is -0.462 e. The van der Waals surface area contributed by atoms with Crippen molar-refractivity contribution in [3.05, 3.63) is 11.1 Å². The summed E-state index contributed by atoms with van der Waals surface area (Å²) in [6, 6.07) is 0. The van der Waals surface area contributed by atoms with Gasteiger partial charge in [-0.1, -0.05) is 11.6 Å². The summed E-state index contributed by atoms with van der Waals surface area (Å²) >= 11 is 5.42. The number of esters is 1. The Morgan fingerprint density at radius 3 is 2.36 bits per heavy atom. The van der Waals surface area contributed by atoms with Crippen LogP contribution in [-0.4, -0.2) is 24.2 Å². The molecule has 0 radical (unpaired) electrons. The molecule has 0 N–H and O–H groups in total. The van der Waals surface area contributed by atoms with E-state index in [0.717, 1.165) is 5.54 Å². The summed E-state index contributed by atoms with van der Waals surface area (Å²) in [5, 5.41) is 0. The maximum atomic E-state index is 11.2. The predicted octanol–water partition coefficient (Wildman–Crippen LogP) is 1.68. The van der Waals surface area contributed by atoms with Gasteiger partial charge in [-0.15, -0.1) is 0 Å². The zero-order chi connectivity index (χ0) is 11.1. The number of halogens is 1. The molecule has 4 nitrogen and oxygen atoms in total. The van der Waals surface area contributed by atoms with Gasteiger partial charge in [-0.3, -0.25) is 4.79 Å². The molecule has 0 saturated heterocycles. The van der Waals surface area contributed by atoms with Crippen LogP contribution in [0.3, 0.4) is 0 Å². The van der Waals surface area contributed by atoms with E-state index in [1.807, 2.05) is 0 Å². The summed E-state index contributed by atoms with van der Waals surface area (Å²) in [5.41, 5.74) is 1.41. The van der Waals surface area contributed by atoms with Crippen molar-refractivity contribution < 1.29 is 14.3 Å². The Hall–Kier alpha value is -1.16. The molecular weight excluding hydrogens is 206 g/mol. The number of amides is 1. The van der Waals surface area contributed by atoms with Crippen LogP contribution in [0.1, 0.15) is 20.8 Å². The number of nitrogens with zero attached hydrogens (tertiary/aromatic N) is 1. The lowest BCUT2D eigenvalue weighted by atomic mass is 10.2. The smallest absolute Gasteiger partial charge is 0.340 e.